The summed E-state index contributed by atoms with van der Waals surface area (Å²) in [6.07, 6.45) is 0. The number of esters is 1. The molecule has 0 aliphatic rings. The van der Waals surface area contributed by atoms with Crippen LogP contribution in [0, 0.1) is 0 Å². The Hall–Kier alpha value is -3.46. The number of aryl methyl sites for hydroxylation is 1. The number of nitrogens with one attached hydrogen (secondary N) is 1. The average molecular weight is 407 g/mol. The Morgan fingerprint density at radius 1 is 1.10 bits per heavy atom. The third-order valence-corrected chi connectivity index (χ3v) is 5.26. The molecule has 0 unspecified atom stereocenters. The Morgan fingerprint density at radius 2 is 1.86 bits per heavy atom. The Labute approximate surface area is 170 Å². The average Bonchev–Trinajstić information content (AvgIpc) is 3.04. The van der Waals surface area contributed by atoms with Gasteiger partial charge in [-0.15, -0.1) is 10.2 Å². The molecule has 0 bridgehead atoms. The molecule has 29 heavy (non-hydrogen) atoms. The predicted molar refractivity (Wildman–Crippen MR) is 111 cm³/mol. The molecule has 0 saturated carbocycles. The molecule has 0 spiro atoms. The second kappa shape index (κ2) is 7.88. The number of methoxy groups -OCH3 is 1. The van der Waals surface area contributed by atoms with Crippen LogP contribution in [0.1, 0.15) is 10.4 Å². The summed E-state index contributed by atoms with van der Waals surface area (Å²) in [7, 11) is 3.22. The van der Waals surface area contributed by atoms with Crippen LogP contribution in [0.25, 0.3) is 22.1 Å². The van der Waals surface area contributed by atoms with Crippen molar-refractivity contribution in [2.24, 2.45) is 7.05 Å². The van der Waals surface area contributed by atoms with Gasteiger partial charge in [-0.25, -0.2) is 9.78 Å². The molecule has 0 aliphatic carbocycles. The Balaban J connectivity index is 1.50. The van der Waals surface area contributed by atoms with Crippen LogP contribution in [0.4, 0.5) is 5.69 Å². The van der Waals surface area contributed by atoms with Crippen molar-refractivity contribution in [2.75, 3.05) is 18.2 Å². The van der Waals surface area contributed by atoms with Crippen LogP contribution in [0.5, 0.6) is 0 Å². The number of hydrogen-bond donors (Lipinski definition) is 1. The Kier molecular flexibility index (Phi) is 5.13. The van der Waals surface area contributed by atoms with Crippen molar-refractivity contribution in [3.05, 3.63) is 54.1 Å². The van der Waals surface area contributed by atoms with Crippen molar-refractivity contribution in [3.8, 4) is 0 Å². The summed E-state index contributed by atoms with van der Waals surface area (Å²) in [6, 6.07) is 14.6. The number of rotatable bonds is 5. The second-order valence-electron chi connectivity index (χ2n) is 6.22. The van der Waals surface area contributed by atoms with Crippen molar-refractivity contribution < 1.29 is 14.3 Å². The van der Waals surface area contributed by atoms with E-state index in [1.54, 1.807) is 24.3 Å². The molecular formula is C20H17N5O3S. The number of nitrogens with zero attached hydrogens (tertiary/aromatic N) is 4. The fourth-order valence-electron chi connectivity index (χ4n) is 3.05. The van der Waals surface area contributed by atoms with E-state index >= 15 is 0 Å². The number of para-hydroxylation sites is 2. The normalized spacial score (nSPS) is 11.0. The predicted octanol–water partition coefficient (Wildman–Crippen LogP) is 3.03. The fourth-order valence-corrected chi connectivity index (χ4v) is 3.63. The zero-order valence-electron chi connectivity index (χ0n) is 15.7. The lowest BCUT2D eigenvalue weighted by Gasteiger charge is -2.09. The highest BCUT2D eigenvalue weighted by Gasteiger charge is 2.15. The number of carbonyl (C=O) groups excluding carboxylic acids is 2. The molecule has 8 nitrogen and oxygen atoms in total. The van der Waals surface area contributed by atoms with Gasteiger partial charge in [-0.1, -0.05) is 42.1 Å². The number of fused-ring (bicyclic) bond motifs is 3. The van der Waals surface area contributed by atoms with Gasteiger partial charge in [-0.2, -0.15) is 0 Å². The molecule has 0 atom stereocenters. The van der Waals surface area contributed by atoms with Crippen LogP contribution in [0.15, 0.2) is 53.7 Å². The molecule has 2 aromatic carbocycles. The van der Waals surface area contributed by atoms with Gasteiger partial charge >= 0.3 is 5.97 Å². The highest BCUT2D eigenvalue weighted by molar-refractivity contribution is 7.99. The SMILES string of the molecule is COC(=O)c1ccccc1NC(=O)CSc1nnc2c3ccccc3n(C)c2n1. The number of carbonyl (C=O) groups is 2. The number of anilines is 1. The minimum absolute atomic E-state index is 0.0760. The highest BCUT2D eigenvalue weighted by Crippen LogP contribution is 2.26. The molecule has 0 saturated heterocycles. The van der Waals surface area contributed by atoms with E-state index in [4.69, 9.17) is 4.74 Å². The van der Waals surface area contributed by atoms with Crippen LogP contribution < -0.4 is 5.32 Å². The first-order valence-electron chi connectivity index (χ1n) is 8.76. The maximum Gasteiger partial charge on any atom is 0.339 e. The quantitative estimate of drug-likeness (QED) is 0.401. The monoisotopic (exact) mass is 407 g/mol. The van der Waals surface area contributed by atoms with Gasteiger partial charge in [0.1, 0.15) is 5.52 Å². The molecule has 4 aromatic rings. The third kappa shape index (κ3) is 3.64. The number of benzene rings is 2. The molecule has 0 radical (unpaired) electrons. The van der Waals surface area contributed by atoms with Crippen molar-refractivity contribution >= 4 is 51.4 Å². The molecule has 2 heterocycles. The molecule has 146 valence electrons. The van der Waals surface area contributed by atoms with Crippen LogP contribution in [0.3, 0.4) is 0 Å². The van der Waals surface area contributed by atoms with Gasteiger partial charge in [0.2, 0.25) is 11.1 Å². The summed E-state index contributed by atoms with van der Waals surface area (Å²) < 4.78 is 6.69. The van der Waals surface area contributed by atoms with Gasteiger partial charge < -0.3 is 14.6 Å². The largest absolute Gasteiger partial charge is 0.465 e. The van der Waals surface area contributed by atoms with Gasteiger partial charge in [0.25, 0.3) is 0 Å². The van der Waals surface area contributed by atoms with E-state index in [9.17, 15) is 9.59 Å². The summed E-state index contributed by atoms with van der Waals surface area (Å²) in [6.45, 7) is 0. The summed E-state index contributed by atoms with van der Waals surface area (Å²) >= 11 is 1.17. The Morgan fingerprint density at radius 3 is 2.69 bits per heavy atom. The van der Waals surface area contributed by atoms with Crippen LogP contribution in [-0.4, -0.2) is 44.5 Å². The van der Waals surface area contributed by atoms with E-state index < -0.39 is 5.97 Å². The molecular weight excluding hydrogens is 390 g/mol. The van der Waals surface area contributed by atoms with Crippen LogP contribution in [0.2, 0.25) is 0 Å². The van der Waals surface area contributed by atoms with Gasteiger partial charge in [-0.05, 0) is 18.2 Å². The van der Waals surface area contributed by atoms with Crippen molar-refractivity contribution in [2.45, 2.75) is 5.16 Å². The molecule has 1 amide bonds. The van der Waals surface area contributed by atoms with Gasteiger partial charge in [0.15, 0.2) is 5.65 Å². The molecule has 4 rings (SSSR count). The van der Waals surface area contributed by atoms with Gasteiger partial charge in [0.05, 0.1) is 29.6 Å². The zero-order valence-corrected chi connectivity index (χ0v) is 16.6. The summed E-state index contributed by atoms with van der Waals surface area (Å²) in [5.74, 6) is -0.721. The van der Waals surface area contributed by atoms with Crippen molar-refractivity contribution in [3.63, 3.8) is 0 Å². The Bertz CT molecular complexity index is 1240. The number of ether oxygens (including phenoxy) is 1. The van der Waals surface area contributed by atoms with Gasteiger partial charge in [0, 0.05) is 12.4 Å². The van der Waals surface area contributed by atoms with Crippen LogP contribution >= 0.6 is 11.8 Å². The molecule has 1 N–H and O–H groups in total. The van der Waals surface area contributed by atoms with E-state index in [0.717, 1.165) is 16.4 Å². The first-order valence-corrected chi connectivity index (χ1v) is 9.75. The molecule has 0 aliphatic heterocycles. The van der Waals surface area contributed by atoms with Crippen molar-refractivity contribution in [1.29, 1.82) is 0 Å². The van der Waals surface area contributed by atoms with Gasteiger partial charge in [-0.3, -0.25) is 4.79 Å². The lowest BCUT2D eigenvalue weighted by molar-refractivity contribution is -0.113. The highest BCUT2D eigenvalue weighted by atomic mass is 32.2. The van der Waals surface area contributed by atoms with E-state index in [-0.39, 0.29) is 11.7 Å². The zero-order chi connectivity index (χ0) is 20.4. The lowest BCUT2D eigenvalue weighted by Crippen LogP contribution is -2.17. The number of aromatic nitrogens is 4. The maximum atomic E-state index is 12.4. The van der Waals surface area contributed by atoms with Crippen molar-refractivity contribution in [1.82, 2.24) is 19.7 Å². The molecule has 0 fully saturated rings. The summed E-state index contributed by atoms with van der Waals surface area (Å²) in [4.78, 5) is 28.7. The fraction of sp³-hybridized carbons (Fsp3) is 0.150. The topological polar surface area (TPSA) is 99.0 Å². The summed E-state index contributed by atoms with van der Waals surface area (Å²) in [5.41, 5.74) is 3.14. The van der Waals surface area contributed by atoms with E-state index in [0.29, 0.717) is 22.1 Å². The lowest BCUT2D eigenvalue weighted by atomic mass is 10.2. The minimum Gasteiger partial charge on any atom is -0.465 e. The standard InChI is InChI=1S/C20H17N5O3S/c1-25-15-10-6-4-8-13(15)17-18(25)22-20(24-23-17)29-11-16(26)21-14-9-5-3-7-12(14)19(27)28-2/h3-10H,11H2,1-2H3,(H,21,26). The maximum absolute atomic E-state index is 12.4. The smallest absolute Gasteiger partial charge is 0.339 e. The third-order valence-electron chi connectivity index (χ3n) is 4.43. The van der Waals surface area contributed by atoms with E-state index in [2.05, 4.69) is 20.5 Å². The first kappa shape index (κ1) is 18.9. The number of amides is 1. The van der Waals surface area contributed by atoms with Crippen LogP contribution in [-0.2, 0) is 16.6 Å². The van der Waals surface area contributed by atoms with E-state index in [1.165, 1.54) is 18.9 Å². The first-order chi connectivity index (χ1) is 14.1. The molecule has 9 heteroatoms. The molecule has 2 aromatic heterocycles. The number of thioether (sulfide) groups is 1. The number of hydrogen-bond acceptors (Lipinski definition) is 7. The minimum atomic E-state index is -0.512. The van der Waals surface area contributed by atoms with E-state index in [1.807, 2.05) is 35.9 Å². The summed E-state index contributed by atoms with van der Waals surface area (Å²) in [5, 5.41) is 12.5. The second-order valence-corrected chi connectivity index (χ2v) is 7.16.